The molecule has 0 aliphatic heterocycles. The molecule has 2 aromatic carbocycles. The van der Waals surface area contributed by atoms with E-state index in [1.807, 2.05) is 42.5 Å². The molecule has 0 unspecified atom stereocenters. The van der Waals surface area contributed by atoms with E-state index in [1.54, 1.807) is 18.3 Å². The number of carbonyl (C=O) groups is 1. The third-order valence-corrected chi connectivity index (χ3v) is 3.15. The molecule has 1 heterocycles. The highest BCUT2D eigenvalue weighted by molar-refractivity contribution is 5.90. The van der Waals surface area contributed by atoms with Crippen molar-refractivity contribution in [3.8, 4) is 16.9 Å². The molecule has 4 nitrogen and oxygen atoms in total. The third kappa shape index (κ3) is 2.69. The highest BCUT2D eigenvalue weighted by Gasteiger charge is 2.09. The lowest BCUT2D eigenvalue weighted by Gasteiger charge is -2.08. The van der Waals surface area contributed by atoms with Crippen LogP contribution in [0.2, 0.25) is 0 Å². The van der Waals surface area contributed by atoms with E-state index < -0.39 is 6.16 Å². The summed E-state index contributed by atoms with van der Waals surface area (Å²) in [7, 11) is 1.28. The highest BCUT2D eigenvalue weighted by atomic mass is 16.7. The summed E-state index contributed by atoms with van der Waals surface area (Å²) in [5.74, 6) is 0.435. The number of pyridine rings is 1. The largest absolute Gasteiger partial charge is 0.513 e. The van der Waals surface area contributed by atoms with E-state index in [9.17, 15) is 4.79 Å². The Kier molecular flexibility index (Phi) is 3.51. The molecule has 0 fully saturated rings. The molecular formula is C17H13NO3. The van der Waals surface area contributed by atoms with Crippen molar-refractivity contribution in [2.24, 2.45) is 0 Å². The van der Waals surface area contributed by atoms with Gasteiger partial charge in [0.1, 0.15) is 5.75 Å². The van der Waals surface area contributed by atoms with Gasteiger partial charge in [-0.3, -0.25) is 4.98 Å². The van der Waals surface area contributed by atoms with Gasteiger partial charge < -0.3 is 9.47 Å². The number of methoxy groups -OCH3 is 1. The summed E-state index contributed by atoms with van der Waals surface area (Å²) >= 11 is 0. The Hall–Kier alpha value is -2.88. The fraction of sp³-hybridized carbons (Fsp3) is 0.0588. The lowest BCUT2D eigenvalue weighted by molar-refractivity contribution is 0.122. The number of benzene rings is 2. The first-order valence-corrected chi connectivity index (χ1v) is 6.48. The molecule has 3 rings (SSSR count). The van der Waals surface area contributed by atoms with Gasteiger partial charge in [-0.05, 0) is 23.8 Å². The molecule has 3 aromatic rings. The lowest BCUT2D eigenvalue weighted by Crippen LogP contribution is -2.07. The number of fused-ring (bicyclic) bond motifs is 1. The van der Waals surface area contributed by atoms with Gasteiger partial charge in [0.25, 0.3) is 0 Å². The number of hydrogen-bond donors (Lipinski definition) is 0. The van der Waals surface area contributed by atoms with E-state index in [0.29, 0.717) is 5.75 Å². The molecule has 0 saturated carbocycles. The van der Waals surface area contributed by atoms with Crippen LogP contribution < -0.4 is 4.74 Å². The van der Waals surface area contributed by atoms with Crippen LogP contribution in [-0.2, 0) is 4.74 Å². The summed E-state index contributed by atoms with van der Waals surface area (Å²) in [6.07, 6.45) is 1.06. The molecule has 0 N–H and O–H groups in total. The molecule has 1 aromatic heterocycles. The van der Waals surface area contributed by atoms with Crippen LogP contribution in [0.1, 0.15) is 0 Å². The summed E-state index contributed by atoms with van der Waals surface area (Å²) in [6, 6.07) is 17.2. The van der Waals surface area contributed by atoms with Crippen molar-refractivity contribution < 1.29 is 14.3 Å². The minimum atomic E-state index is -0.743. The van der Waals surface area contributed by atoms with Crippen LogP contribution in [0.5, 0.6) is 5.75 Å². The first kappa shape index (κ1) is 13.1. The van der Waals surface area contributed by atoms with Gasteiger partial charge in [-0.2, -0.15) is 0 Å². The molecule has 0 aliphatic rings. The topological polar surface area (TPSA) is 48.4 Å². The van der Waals surface area contributed by atoms with Crippen molar-refractivity contribution >= 4 is 17.1 Å². The summed E-state index contributed by atoms with van der Waals surface area (Å²) < 4.78 is 9.70. The fourth-order valence-electron chi connectivity index (χ4n) is 2.13. The monoisotopic (exact) mass is 279 g/mol. The van der Waals surface area contributed by atoms with Gasteiger partial charge in [0, 0.05) is 17.1 Å². The Balaban J connectivity index is 2.11. The van der Waals surface area contributed by atoms with E-state index in [0.717, 1.165) is 22.0 Å². The van der Waals surface area contributed by atoms with Crippen molar-refractivity contribution in [2.45, 2.75) is 0 Å². The first-order valence-electron chi connectivity index (χ1n) is 6.48. The van der Waals surface area contributed by atoms with Gasteiger partial charge in [-0.25, -0.2) is 4.79 Å². The zero-order valence-electron chi connectivity index (χ0n) is 11.4. The number of ether oxygens (including phenoxy) is 2. The van der Waals surface area contributed by atoms with Gasteiger partial charge in [-0.15, -0.1) is 0 Å². The van der Waals surface area contributed by atoms with Gasteiger partial charge in [0.2, 0.25) is 0 Å². The Morgan fingerprint density at radius 2 is 1.81 bits per heavy atom. The maximum Gasteiger partial charge on any atom is 0.513 e. The number of hydrogen-bond acceptors (Lipinski definition) is 4. The van der Waals surface area contributed by atoms with E-state index >= 15 is 0 Å². The average Bonchev–Trinajstić information content (AvgIpc) is 2.55. The number of carbonyl (C=O) groups excluding carboxylic acids is 1. The van der Waals surface area contributed by atoms with Crippen LogP contribution in [0.25, 0.3) is 22.0 Å². The Bertz CT molecular complexity index is 784. The maximum atomic E-state index is 11.3. The van der Waals surface area contributed by atoms with Gasteiger partial charge in [0.15, 0.2) is 0 Å². The summed E-state index contributed by atoms with van der Waals surface area (Å²) in [5.41, 5.74) is 2.78. The summed E-state index contributed by atoms with van der Waals surface area (Å²) in [6.45, 7) is 0. The van der Waals surface area contributed by atoms with Crippen molar-refractivity contribution in [1.29, 1.82) is 0 Å². The predicted molar refractivity (Wildman–Crippen MR) is 80.2 cm³/mol. The highest BCUT2D eigenvalue weighted by Crippen LogP contribution is 2.29. The minimum Gasteiger partial charge on any atom is -0.437 e. The zero-order valence-corrected chi connectivity index (χ0v) is 11.4. The third-order valence-electron chi connectivity index (χ3n) is 3.15. The minimum absolute atomic E-state index is 0.435. The lowest BCUT2D eigenvalue weighted by atomic mass is 10.1. The number of nitrogens with zero attached hydrogens (tertiary/aromatic N) is 1. The molecule has 0 amide bonds. The van der Waals surface area contributed by atoms with Crippen molar-refractivity contribution in [1.82, 2.24) is 4.98 Å². The molecule has 0 bridgehead atoms. The fourth-order valence-corrected chi connectivity index (χ4v) is 2.13. The molecule has 0 aliphatic carbocycles. The van der Waals surface area contributed by atoms with E-state index in [2.05, 4.69) is 9.72 Å². The van der Waals surface area contributed by atoms with Gasteiger partial charge in [0.05, 0.1) is 12.6 Å². The van der Waals surface area contributed by atoms with E-state index in [-0.39, 0.29) is 0 Å². The second kappa shape index (κ2) is 5.63. The Labute approximate surface area is 122 Å². The summed E-state index contributed by atoms with van der Waals surface area (Å²) in [5, 5.41) is 0.768. The predicted octanol–water partition coefficient (Wildman–Crippen LogP) is 4.05. The normalized spacial score (nSPS) is 10.3. The maximum absolute atomic E-state index is 11.3. The van der Waals surface area contributed by atoms with Crippen LogP contribution in [0, 0.1) is 0 Å². The van der Waals surface area contributed by atoms with E-state index in [4.69, 9.17) is 4.74 Å². The van der Waals surface area contributed by atoms with Crippen molar-refractivity contribution in [3.63, 3.8) is 0 Å². The molecule has 0 saturated heterocycles. The Morgan fingerprint density at radius 3 is 2.57 bits per heavy atom. The Morgan fingerprint density at radius 1 is 1.00 bits per heavy atom. The second-order valence-electron chi connectivity index (χ2n) is 4.47. The first-order chi connectivity index (χ1) is 10.3. The molecule has 4 heteroatoms. The molecule has 21 heavy (non-hydrogen) atoms. The van der Waals surface area contributed by atoms with Crippen LogP contribution in [0.15, 0.2) is 60.8 Å². The average molecular weight is 279 g/mol. The summed E-state index contributed by atoms with van der Waals surface area (Å²) in [4.78, 5) is 15.7. The van der Waals surface area contributed by atoms with Gasteiger partial charge in [-0.1, -0.05) is 36.4 Å². The van der Waals surface area contributed by atoms with Crippen molar-refractivity contribution in [3.05, 3.63) is 60.8 Å². The van der Waals surface area contributed by atoms with Crippen LogP contribution in [0.3, 0.4) is 0 Å². The number of aromatic nitrogens is 1. The zero-order chi connectivity index (χ0) is 14.7. The standard InChI is InChI=1S/C17H13NO3/c1-20-17(19)21-16-9-5-8-15-14(16)10-13(11-18-15)12-6-3-2-4-7-12/h2-11H,1H3. The van der Waals surface area contributed by atoms with Crippen molar-refractivity contribution in [2.75, 3.05) is 7.11 Å². The number of rotatable bonds is 2. The van der Waals surface area contributed by atoms with Crippen LogP contribution in [0.4, 0.5) is 4.79 Å². The second-order valence-corrected chi connectivity index (χ2v) is 4.47. The molecular weight excluding hydrogens is 266 g/mol. The molecule has 0 radical (unpaired) electrons. The van der Waals surface area contributed by atoms with Crippen LogP contribution in [-0.4, -0.2) is 18.2 Å². The van der Waals surface area contributed by atoms with E-state index in [1.165, 1.54) is 7.11 Å². The van der Waals surface area contributed by atoms with Crippen LogP contribution >= 0.6 is 0 Å². The molecule has 0 spiro atoms. The smallest absolute Gasteiger partial charge is 0.437 e. The SMILES string of the molecule is COC(=O)Oc1cccc2ncc(-c3ccccc3)cc12. The molecule has 104 valence electrons. The molecule has 0 atom stereocenters. The van der Waals surface area contributed by atoms with Gasteiger partial charge >= 0.3 is 6.16 Å². The quantitative estimate of drug-likeness (QED) is 0.524.